The minimum atomic E-state index is -0.124. The van der Waals surface area contributed by atoms with Crippen LogP contribution in [0.3, 0.4) is 0 Å². The Morgan fingerprint density at radius 3 is 2.83 bits per heavy atom. The van der Waals surface area contributed by atoms with Gasteiger partial charge in [-0.3, -0.25) is 9.59 Å². The highest BCUT2D eigenvalue weighted by molar-refractivity contribution is 9.10. The number of likely N-dealkylation sites (N-methyl/N-ethyl adjacent to an activating group) is 1. The molecule has 3 heterocycles. The van der Waals surface area contributed by atoms with Crippen LogP contribution in [0.5, 0.6) is 0 Å². The maximum absolute atomic E-state index is 13.2. The summed E-state index contributed by atoms with van der Waals surface area (Å²) in [6, 6.07) is 5.74. The molecule has 0 aliphatic carbocycles. The molecule has 2 aliphatic rings. The van der Waals surface area contributed by atoms with Gasteiger partial charge in [0.1, 0.15) is 0 Å². The van der Waals surface area contributed by atoms with Crippen molar-refractivity contribution in [1.29, 1.82) is 0 Å². The van der Waals surface area contributed by atoms with Crippen molar-refractivity contribution in [2.45, 2.75) is 19.8 Å². The molecule has 0 bridgehead atoms. The molecule has 0 unspecified atom stereocenters. The molecule has 2 aromatic rings. The number of aromatic amines is 1. The van der Waals surface area contributed by atoms with Gasteiger partial charge in [-0.2, -0.15) is 0 Å². The lowest BCUT2D eigenvalue weighted by atomic mass is 10.0. The molecule has 2 N–H and O–H groups in total. The summed E-state index contributed by atoms with van der Waals surface area (Å²) in [5.41, 5.74) is 5.76. The number of rotatable bonds is 4. The van der Waals surface area contributed by atoms with Crippen molar-refractivity contribution in [2.75, 3.05) is 39.0 Å². The molecule has 152 valence electrons. The normalized spacial score (nSPS) is 17.6. The van der Waals surface area contributed by atoms with E-state index in [-0.39, 0.29) is 11.8 Å². The van der Waals surface area contributed by atoms with Gasteiger partial charge < -0.3 is 20.1 Å². The second kappa shape index (κ2) is 7.80. The quantitative estimate of drug-likeness (QED) is 0.691. The summed E-state index contributed by atoms with van der Waals surface area (Å²) in [6.45, 7) is 4.29. The Morgan fingerprint density at radius 1 is 1.28 bits per heavy atom. The van der Waals surface area contributed by atoms with Crippen LogP contribution in [0.2, 0.25) is 0 Å². The number of H-pyrrole nitrogens is 1. The van der Waals surface area contributed by atoms with Crippen LogP contribution in [0.4, 0.5) is 5.69 Å². The van der Waals surface area contributed by atoms with Crippen molar-refractivity contribution in [1.82, 2.24) is 14.8 Å². The molecule has 2 aliphatic heterocycles. The van der Waals surface area contributed by atoms with Gasteiger partial charge in [-0.05, 0) is 63.7 Å². The molecule has 0 atom stereocenters. The van der Waals surface area contributed by atoms with Crippen molar-refractivity contribution < 1.29 is 9.59 Å². The molecule has 0 saturated heterocycles. The van der Waals surface area contributed by atoms with Gasteiger partial charge in [0.15, 0.2) is 0 Å². The second-order valence-electron chi connectivity index (χ2n) is 7.92. The maximum atomic E-state index is 13.2. The fourth-order valence-corrected chi connectivity index (χ4v) is 4.35. The number of nitrogens with zero attached hydrogens (tertiary/aromatic N) is 2. The molecule has 6 nitrogen and oxygen atoms in total. The zero-order valence-corrected chi connectivity index (χ0v) is 18.5. The number of anilines is 1. The number of aryl methyl sites for hydroxylation is 1. The minimum Gasteiger partial charge on any atom is -0.358 e. The molecule has 1 aromatic carbocycles. The van der Waals surface area contributed by atoms with Crippen LogP contribution in [-0.2, 0) is 11.2 Å². The smallest absolute Gasteiger partial charge is 0.256 e. The number of halogens is 1. The van der Waals surface area contributed by atoms with Crippen LogP contribution < -0.4 is 5.32 Å². The van der Waals surface area contributed by atoms with Gasteiger partial charge in [0.25, 0.3) is 11.8 Å². The third-order valence-electron chi connectivity index (χ3n) is 5.59. The van der Waals surface area contributed by atoms with Gasteiger partial charge in [-0.15, -0.1) is 0 Å². The highest BCUT2D eigenvalue weighted by Gasteiger charge is 2.29. The Morgan fingerprint density at radius 2 is 2.07 bits per heavy atom. The van der Waals surface area contributed by atoms with Crippen LogP contribution in [0.1, 0.15) is 39.3 Å². The molecule has 7 heteroatoms. The van der Waals surface area contributed by atoms with E-state index in [1.165, 1.54) is 0 Å². The third-order valence-corrected chi connectivity index (χ3v) is 6.09. The molecule has 2 amide bonds. The fourth-order valence-electron chi connectivity index (χ4n) is 3.99. The van der Waals surface area contributed by atoms with E-state index in [4.69, 9.17) is 0 Å². The molecule has 0 fully saturated rings. The van der Waals surface area contributed by atoms with Gasteiger partial charge in [-0.25, -0.2) is 0 Å². The Hall–Kier alpha value is -2.38. The topological polar surface area (TPSA) is 68.4 Å². The zero-order valence-electron chi connectivity index (χ0n) is 16.9. The standard InChI is InChI=1S/C22H25BrN4O2/c1-13-19(12-16-15-11-14(23)6-7-17(15)25-21(16)28)24-18-5-4-8-27(10-9-26(2)3)22(29)20(13)18/h6-7,11-12,24H,4-5,8-10H2,1-3H3,(H,25,28)/b16-12-. The molecule has 1 aromatic heterocycles. The van der Waals surface area contributed by atoms with Crippen molar-refractivity contribution in [3.05, 3.63) is 50.8 Å². The Labute approximate surface area is 179 Å². The van der Waals surface area contributed by atoms with Crippen molar-refractivity contribution in [3.8, 4) is 0 Å². The van der Waals surface area contributed by atoms with Gasteiger partial charge in [0.05, 0.1) is 11.1 Å². The number of carbonyl (C=O) groups is 2. The Bertz CT molecular complexity index is 1020. The van der Waals surface area contributed by atoms with Gasteiger partial charge in [-0.1, -0.05) is 15.9 Å². The predicted octanol–water partition coefficient (Wildman–Crippen LogP) is 3.53. The van der Waals surface area contributed by atoms with E-state index in [1.54, 1.807) is 0 Å². The fraction of sp³-hybridized carbons (Fsp3) is 0.364. The van der Waals surface area contributed by atoms with E-state index < -0.39 is 0 Å². The summed E-state index contributed by atoms with van der Waals surface area (Å²) < 4.78 is 0.921. The van der Waals surface area contributed by atoms with E-state index in [1.807, 2.05) is 50.2 Å². The van der Waals surface area contributed by atoms with Crippen LogP contribution in [-0.4, -0.2) is 60.3 Å². The summed E-state index contributed by atoms with van der Waals surface area (Å²) >= 11 is 3.48. The predicted molar refractivity (Wildman–Crippen MR) is 119 cm³/mol. The highest BCUT2D eigenvalue weighted by Crippen LogP contribution is 2.36. The lowest BCUT2D eigenvalue weighted by Gasteiger charge is -2.23. The molecule has 0 radical (unpaired) electrons. The summed E-state index contributed by atoms with van der Waals surface area (Å²) in [6.07, 6.45) is 3.63. The van der Waals surface area contributed by atoms with Crippen molar-refractivity contribution >= 4 is 45.1 Å². The number of hydrogen-bond donors (Lipinski definition) is 2. The average molecular weight is 457 g/mol. The Kier molecular flexibility index (Phi) is 5.36. The first kappa shape index (κ1) is 19.9. The van der Waals surface area contributed by atoms with E-state index in [0.717, 1.165) is 70.7 Å². The van der Waals surface area contributed by atoms with E-state index in [9.17, 15) is 9.59 Å². The van der Waals surface area contributed by atoms with Crippen LogP contribution in [0.15, 0.2) is 22.7 Å². The highest BCUT2D eigenvalue weighted by atomic mass is 79.9. The molecular weight excluding hydrogens is 432 g/mol. The zero-order chi connectivity index (χ0) is 20.7. The number of fused-ring (bicyclic) bond motifs is 2. The van der Waals surface area contributed by atoms with Crippen LogP contribution in [0.25, 0.3) is 11.6 Å². The summed E-state index contributed by atoms with van der Waals surface area (Å²) in [4.78, 5) is 33.2. The summed E-state index contributed by atoms with van der Waals surface area (Å²) in [5, 5.41) is 2.91. The largest absolute Gasteiger partial charge is 0.358 e. The van der Waals surface area contributed by atoms with Crippen LogP contribution >= 0.6 is 15.9 Å². The number of nitrogens with one attached hydrogen (secondary N) is 2. The van der Waals surface area contributed by atoms with Crippen molar-refractivity contribution in [3.63, 3.8) is 0 Å². The van der Waals surface area contributed by atoms with Gasteiger partial charge in [0, 0.05) is 46.7 Å². The van der Waals surface area contributed by atoms with E-state index in [0.29, 0.717) is 5.57 Å². The lowest BCUT2D eigenvalue weighted by Crippen LogP contribution is -2.36. The average Bonchev–Trinajstić information content (AvgIpc) is 3.08. The molecule has 0 saturated carbocycles. The van der Waals surface area contributed by atoms with Gasteiger partial charge in [0.2, 0.25) is 0 Å². The summed E-state index contributed by atoms with van der Waals surface area (Å²) in [7, 11) is 4.03. The van der Waals surface area contributed by atoms with Crippen molar-refractivity contribution in [2.24, 2.45) is 0 Å². The SMILES string of the molecule is Cc1c(/C=C2\C(=O)Nc3ccc(Br)cc32)[nH]c2c1C(=O)N(CCN(C)C)CCC2. The monoisotopic (exact) mass is 456 g/mol. The number of aromatic nitrogens is 1. The first-order valence-corrected chi connectivity index (χ1v) is 10.6. The van der Waals surface area contributed by atoms with Crippen LogP contribution in [0, 0.1) is 6.92 Å². The number of benzene rings is 1. The summed E-state index contributed by atoms with van der Waals surface area (Å²) in [5.74, 6) is -0.0435. The second-order valence-corrected chi connectivity index (χ2v) is 8.83. The van der Waals surface area contributed by atoms with E-state index in [2.05, 4.69) is 31.1 Å². The first-order chi connectivity index (χ1) is 13.8. The minimum absolute atomic E-state index is 0.0803. The molecule has 0 spiro atoms. The number of amides is 2. The first-order valence-electron chi connectivity index (χ1n) is 9.83. The molecule has 29 heavy (non-hydrogen) atoms. The maximum Gasteiger partial charge on any atom is 0.256 e. The number of carbonyl (C=O) groups excluding carboxylic acids is 2. The Balaban J connectivity index is 1.71. The molecule has 4 rings (SSSR count). The number of hydrogen-bond acceptors (Lipinski definition) is 3. The third kappa shape index (κ3) is 3.76. The lowest BCUT2D eigenvalue weighted by molar-refractivity contribution is -0.110. The van der Waals surface area contributed by atoms with Gasteiger partial charge >= 0.3 is 0 Å². The molecular formula is C22H25BrN4O2. The van der Waals surface area contributed by atoms with E-state index >= 15 is 0 Å².